The van der Waals surface area contributed by atoms with Gasteiger partial charge < -0.3 is 10.6 Å². The highest BCUT2D eigenvalue weighted by Crippen LogP contribution is 2.23. The SMILES string of the molecule is CC(=O)NCCC#Cc1ccc2c(c1)CC(=O)N2. The van der Waals surface area contributed by atoms with E-state index in [1.165, 1.54) is 6.92 Å². The summed E-state index contributed by atoms with van der Waals surface area (Å²) in [6.45, 7) is 2.05. The lowest BCUT2D eigenvalue weighted by Gasteiger charge is -1.98. The molecule has 0 aliphatic carbocycles. The molecule has 0 fully saturated rings. The summed E-state index contributed by atoms with van der Waals surface area (Å²) in [7, 11) is 0. The molecule has 1 aromatic rings. The zero-order valence-corrected chi connectivity index (χ0v) is 10.2. The summed E-state index contributed by atoms with van der Waals surface area (Å²) in [6, 6.07) is 5.69. The van der Waals surface area contributed by atoms with Gasteiger partial charge in [0.15, 0.2) is 0 Å². The molecule has 92 valence electrons. The van der Waals surface area contributed by atoms with E-state index < -0.39 is 0 Å². The molecule has 1 aliphatic rings. The third-order valence-corrected chi connectivity index (χ3v) is 2.59. The number of carbonyl (C=O) groups is 2. The Kier molecular flexibility index (Phi) is 3.63. The van der Waals surface area contributed by atoms with Crippen molar-refractivity contribution in [2.75, 3.05) is 11.9 Å². The third-order valence-electron chi connectivity index (χ3n) is 2.59. The van der Waals surface area contributed by atoms with Crippen LogP contribution < -0.4 is 10.6 Å². The van der Waals surface area contributed by atoms with Crippen LogP contribution in [-0.2, 0) is 16.0 Å². The van der Waals surface area contributed by atoms with Crippen molar-refractivity contribution in [1.29, 1.82) is 0 Å². The van der Waals surface area contributed by atoms with E-state index in [4.69, 9.17) is 0 Å². The lowest BCUT2D eigenvalue weighted by atomic mass is 10.1. The summed E-state index contributed by atoms with van der Waals surface area (Å²) in [4.78, 5) is 21.8. The number of hydrogen-bond donors (Lipinski definition) is 2. The second kappa shape index (κ2) is 5.37. The van der Waals surface area contributed by atoms with E-state index in [9.17, 15) is 9.59 Å². The smallest absolute Gasteiger partial charge is 0.228 e. The molecule has 0 unspecified atom stereocenters. The van der Waals surface area contributed by atoms with Gasteiger partial charge in [0.25, 0.3) is 0 Å². The number of hydrogen-bond acceptors (Lipinski definition) is 2. The van der Waals surface area contributed by atoms with E-state index in [0.29, 0.717) is 19.4 Å². The van der Waals surface area contributed by atoms with Crippen molar-refractivity contribution in [2.45, 2.75) is 19.8 Å². The first-order chi connectivity index (χ1) is 8.65. The molecule has 4 nitrogen and oxygen atoms in total. The Morgan fingerprint density at radius 3 is 3.11 bits per heavy atom. The molecule has 1 heterocycles. The van der Waals surface area contributed by atoms with Crippen LogP contribution in [0.3, 0.4) is 0 Å². The van der Waals surface area contributed by atoms with Crippen molar-refractivity contribution in [1.82, 2.24) is 5.32 Å². The maximum absolute atomic E-state index is 11.2. The molecule has 0 spiro atoms. The maximum Gasteiger partial charge on any atom is 0.228 e. The largest absolute Gasteiger partial charge is 0.355 e. The van der Waals surface area contributed by atoms with Gasteiger partial charge in [-0.15, -0.1) is 0 Å². The topological polar surface area (TPSA) is 58.2 Å². The Hall–Kier alpha value is -2.28. The fourth-order valence-corrected chi connectivity index (χ4v) is 1.77. The van der Waals surface area contributed by atoms with Gasteiger partial charge in [-0.05, 0) is 23.8 Å². The molecule has 1 aliphatic heterocycles. The number of fused-ring (bicyclic) bond motifs is 1. The van der Waals surface area contributed by atoms with Gasteiger partial charge in [0.05, 0.1) is 6.42 Å². The molecule has 2 rings (SSSR count). The number of anilines is 1. The Morgan fingerprint density at radius 2 is 2.33 bits per heavy atom. The van der Waals surface area contributed by atoms with E-state index in [1.54, 1.807) is 0 Å². The first kappa shape index (κ1) is 12.2. The van der Waals surface area contributed by atoms with Gasteiger partial charge in [-0.2, -0.15) is 0 Å². The second-order valence-electron chi connectivity index (χ2n) is 4.13. The monoisotopic (exact) mass is 242 g/mol. The summed E-state index contributed by atoms with van der Waals surface area (Å²) in [5.74, 6) is 6.00. The van der Waals surface area contributed by atoms with E-state index in [2.05, 4.69) is 22.5 Å². The van der Waals surface area contributed by atoms with Crippen molar-refractivity contribution in [3.05, 3.63) is 29.3 Å². The number of nitrogens with one attached hydrogen (secondary N) is 2. The fraction of sp³-hybridized carbons (Fsp3) is 0.286. The lowest BCUT2D eigenvalue weighted by Crippen LogP contribution is -2.20. The summed E-state index contributed by atoms with van der Waals surface area (Å²) in [5, 5.41) is 5.46. The fourth-order valence-electron chi connectivity index (χ4n) is 1.77. The highest BCUT2D eigenvalue weighted by atomic mass is 16.2. The normalized spacial score (nSPS) is 12.2. The van der Waals surface area contributed by atoms with Gasteiger partial charge in [-0.1, -0.05) is 11.8 Å². The second-order valence-corrected chi connectivity index (χ2v) is 4.13. The minimum absolute atomic E-state index is 0.0285. The summed E-state index contributed by atoms with van der Waals surface area (Å²) >= 11 is 0. The van der Waals surface area contributed by atoms with Gasteiger partial charge in [0, 0.05) is 31.1 Å². The van der Waals surface area contributed by atoms with Crippen LogP contribution in [0.1, 0.15) is 24.5 Å². The zero-order chi connectivity index (χ0) is 13.0. The minimum Gasteiger partial charge on any atom is -0.355 e. The Labute approximate surface area is 106 Å². The standard InChI is InChI=1S/C14H14N2O2/c1-10(17)15-7-3-2-4-11-5-6-13-12(8-11)9-14(18)16-13/h5-6,8H,3,7,9H2,1H3,(H,15,17)(H,16,18). The zero-order valence-electron chi connectivity index (χ0n) is 10.2. The highest BCUT2D eigenvalue weighted by molar-refractivity contribution is 5.99. The minimum atomic E-state index is -0.0427. The van der Waals surface area contributed by atoms with E-state index in [1.807, 2.05) is 18.2 Å². The van der Waals surface area contributed by atoms with Crippen molar-refractivity contribution >= 4 is 17.5 Å². The first-order valence-electron chi connectivity index (χ1n) is 5.81. The molecule has 0 atom stereocenters. The van der Waals surface area contributed by atoms with Crippen LogP contribution in [0.15, 0.2) is 18.2 Å². The summed E-state index contributed by atoms with van der Waals surface area (Å²) in [6.07, 6.45) is 1.05. The highest BCUT2D eigenvalue weighted by Gasteiger charge is 2.16. The Bertz CT molecular complexity index is 553. The number of amides is 2. The molecule has 0 saturated heterocycles. The summed E-state index contributed by atoms with van der Waals surface area (Å²) in [5.41, 5.74) is 2.77. The van der Waals surface area contributed by atoms with Gasteiger partial charge in [-0.3, -0.25) is 9.59 Å². The molecule has 0 aromatic heterocycles. The Morgan fingerprint density at radius 1 is 1.50 bits per heavy atom. The molecule has 0 bridgehead atoms. The van der Waals surface area contributed by atoms with Gasteiger partial charge in [0.2, 0.25) is 11.8 Å². The van der Waals surface area contributed by atoms with Crippen LogP contribution in [-0.4, -0.2) is 18.4 Å². The van der Waals surface area contributed by atoms with Crippen LogP contribution in [0, 0.1) is 11.8 Å². The van der Waals surface area contributed by atoms with Crippen LogP contribution >= 0.6 is 0 Å². The molecule has 0 radical (unpaired) electrons. The molecular formula is C14H14N2O2. The average Bonchev–Trinajstić information content (AvgIpc) is 2.67. The number of benzene rings is 1. The van der Waals surface area contributed by atoms with Crippen LogP contribution in [0.2, 0.25) is 0 Å². The van der Waals surface area contributed by atoms with Gasteiger partial charge in [-0.25, -0.2) is 0 Å². The van der Waals surface area contributed by atoms with Crippen LogP contribution in [0.4, 0.5) is 5.69 Å². The maximum atomic E-state index is 11.2. The van der Waals surface area contributed by atoms with E-state index in [-0.39, 0.29) is 11.8 Å². The van der Waals surface area contributed by atoms with Crippen molar-refractivity contribution in [3.8, 4) is 11.8 Å². The van der Waals surface area contributed by atoms with Gasteiger partial charge in [0.1, 0.15) is 0 Å². The average molecular weight is 242 g/mol. The molecule has 4 heteroatoms. The molecule has 1 aromatic carbocycles. The van der Waals surface area contributed by atoms with Crippen molar-refractivity contribution < 1.29 is 9.59 Å². The van der Waals surface area contributed by atoms with Crippen molar-refractivity contribution in [3.63, 3.8) is 0 Å². The van der Waals surface area contributed by atoms with Gasteiger partial charge >= 0.3 is 0 Å². The Balaban J connectivity index is 1.95. The van der Waals surface area contributed by atoms with Crippen molar-refractivity contribution in [2.24, 2.45) is 0 Å². The molecule has 0 saturated carbocycles. The predicted octanol–water partition coefficient (Wildman–Crippen LogP) is 1.06. The number of carbonyl (C=O) groups excluding carboxylic acids is 2. The molecule has 2 amide bonds. The molecular weight excluding hydrogens is 228 g/mol. The summed E-state index contributed by atoms with van der Waals surface area (Å²) < 4.78 is 0. The van der Waals surface area contributed by atoms with E-state index in [0.717, 1.165) is 16.8 Å². The van der Waals surface area contributed by atoms with Crippen LogP contribution in [0.5, 0.6) is 0 Å². The number of rotatable bonds is 2. The molecule has 2 N–H and O–H groups in total. The molecule has 18 heavy (non-hydrogen) atoms. The first-order valence-corrected chi connectivity index (χ1v) is 5.81. The lowest BCUT2D eigenvalue weighted by molar-refractivity contribution is -0.119. The predicted molar refractivity (Wildman–Crippen MR) is 69.0 cm³/mol. The quantitative estimate of drug-likeness (QED) is 0.602. The van der Waals surface area contributed by atoms with E-state index >= 15 is 0 Å². The third kappa shape index (κ3) is 3.11. The van der Waals surface area contributed by atoms with Crippen LogP contribution in [0.25, 0.3) is 0 Å².